The maximum Gasteiger partial charge on any atom is 0.176 e. The Hall–Kier alpha value is -2.76. The number of hydrogen-bond acceptors (Lipinski definition) is 4. The van der Waals surface area contributed by atoms with Crippen LogP contribution < -0.4 is 20.2 Å². The number of aromatic nitrogens is 2. The summed E-state index contributed by atoms with van der Waals surface area (Å²) in [5, 5.41) is 19.0. The van der Waals surface area contributed by atoms with E-state index in [1.54, 1.807) is 0 Å². The van der Waals surface area contributed by atoms with E-state index in [0.717, 1.165) is 0 Å². The highest BCUT2D eigenvalue weighted by Crippen LogP contribution is 1.82. The molecule has 0 radical (unpaired) electrons. The smallest absolute Gasteiger partial charge is 0.176 e. The fourth-order valence-corrected chi connectivity index (χ4v) is 1.17. The number of aryl methyl sites for hydroxylation is 2. The summed E-state index contributed by atoms with van der Waals surface area (Å²) in [6, 6.07) is 12.0. The fraction of sp³-hybridized carbons (Fsp3) is 0.250. The second kappa shape index (κ2) is 12.0. The van der Waals surface area contributed by atoms with Crippen LogP contribution in [0.25, 0.3) is 0 Å². The Morgan fingerprint density at radius 1 is 0.818 bits per heavy atom. The third kappa shape index (κ3) is 13.7. The van der Waals surface area contributed by atoms with Crippen molar-refractivity contribution in [1.82, 2.24) is 0 Å². The molecule has 6 nitrogen and oxygen atoms in total. The number of carboxylic acids is 2. The lowest BCUT2D eigenvalue weighted by atomic mass is 10.3. The molecule has 0 aliphatic heterocycles. The van der Waals surface area contributed by atoms with Gasteiger partial charge in [0.25, 0.3) is 0 Å². The van der Waals surface area contributed by atoms with E-state index in [4.69, 9.17) is 0 Å². The van der Waals surface area contributed by atoms with Crippen LogP contribution in [0.2, 0.25) is 0 Å². The Balaban J connectivity index is 0.000000301. The topological polar surface area (TPSA) is 109 Å². The van der Waals surface area contributed by atoms with E-state index >= 15 is 0 Å². The van der Waals surface area contributed by atoms with E-state index in [1.165, 1.54) is 11.4 Å². The summed E-state index contributed by atoms with van der Waals surface area (Å²) in [5.41, 5.74) is 2.39. The molecule has 0 saturated heterocycles. The van der Waals surface area contributed by atoms with E-state index in [9.17, 15) is 19.8 Å². The molecular weight excluding hydrogens is 284 g/mol. The van der Waals surface area contributed by atoms with Crippen LogP contribution in [0.4, 0.5) is 0 Å². The lowest BCUT2D eigenvalue weighted by Crippen LogP contribution is -2.27. The first-order valence-electron chi connectivity index (χ1n) is 6.68. The highest BCUT2D eigenvalue weighted by Gasteiger charge is 1.85. The normalized spacial score (nSPS) is 8.64. The van der Waals surface area contributed by atoms with Gasteiger partial charge in [0.1, 0.15) is 0 Å². The Kier molecular flexibility index (Phi) is 10.5. The van der Waals surface area contributed by atoms with Crippen LogP contribution in [0.5, 0.6) is 0 Å². The maximum absolute atomic E-state index is 9.50. The summed E-state index contributed by atoms with van der Waals surface area (Å²) in [4.78, 5) is 25.1. The second-order valence-electron chi connectivity index (χ2n) is 4.34. The Bertz CT molecular complexity index is 493. The number of nitrogens with one attached hydrogen (secondary N) is 2. The van der Waals surface area contributed by atoms with Crippen molar-refractivity contribution in [2.24, 2.45) is 0 Å². The Morgan fingerprint density at radius 3 is 1.32 bits per heavy atom. The van der Waals surface area contributed by atoms with Crippen LogP contribution in [-0.4, -0.2) is 11.9 Å². The van der Waals surface area contributed by atoms with Crippen molar-refractivity contribution in [3.63, 3.8) is 0 Å². The van der Waals surface area contributed by atoms with E-state index < -0.39 is 24.8 Å². The molecule has 6 heteroatoms. The zero-order valence-corrected chi connectivity index (χ0v) is 12.7. The molecule has 0 amide bonds. The summed E-state index contributed by atoms with van der Waals surface area (Å²) in [6.07, 6.45) is 2.88. The van der Waals surface area contributed by atoms with Crippen molar-refractivity contribution in [3.8, 4) is 0 Å². The zero-order chi connectivity index (χ0) is 16.8. The Morgan fingerprint density at radius 2 is 1.18 bits per heavy atom. The third-order valence-electron chi connectivity index (χ3n) is 2.26. The number of aliphatic carboxylic acids is 2. The van der Waals surface area contributed by atoms with Crippen LogP contribution in [0.1, 0.15) is 24.2 Å². The van der Waals surface area contributed by atoms with Crippen LogP contribution in [-0.2, 0) is 9.59 Å². The van der Waals surface area contributed by atoms with Gasteiger partial charge < -0.3 is 19.8 Å². The van der Waals surface area contributed by atoms with Gasteiger partial charge in [0.15, 0.2) is 23.8 Å². The van der Waals surface area contributed by atoms with Crippen molar-refractivity contribution in [1.29, 1.82) is 0 Å². The molecule has 2 aromatic heterocycles. The molecule has 0 unspecified atom stereocenters. The minimum atomic E-state index is -1.37. The number of carbonyl (C=O) groups excluding carboxylic acids is 2. The maximum atomic E-state index is 9.50. The number of carboxylic acid groups (broad SMARTS) is 2. The summed E-state index contributed by atoms with van der Waals surface area (Å²) in [7, 11) is 0. The van der Waals surface area contributed by atoms with Gasteiger partial charge in [0, 0.05) is 50.1 Å². The molecule has 0 saturated carbocycles. The molecule has 118 valence electrons. The molecule has 22 heavy (non-hydrogen) atoms. The first-order chi connectivity index (χ1) is 10.4. The van der Waals surface area contributed by atoms with Gasteiger partial charge in [0.2, 0.25) is 0 Å². The minimum absolute atomic E-state index is 0.470. The summed E-state index contributed by atoms with van der Waals surface area (Å²) in [5.74, 6) is -2.73. The first kappa shape index (κ1) is 19.2. The predicted octanol–water partition coefficient (Wildman–Crippen LogP) is -1.12. The second-order valence-corrected chi connectivity index (χ2v) is 4.34. The van der Waals surface area contributed by atoms with Gasteiger partial charge in [-0.25, -0.2) is 9.97 Å². The molecular formula is C16H20N2O4. The number of pyridine rings is 2. The van der Waals surface area contributed by atoms with Crippen molar-refractivity contribution in [2.75, 3.05) is 0 Å². The molecule has 2 rings (SSSR count). The predicted molar refractivity (Wildman–Crippen MR) is 74.7 cm³/mol. The van der Waals surface area contributed by atoms with Gasteiger partial charge in [0.05, 0.1) is 0 Å². The Labute approximate surface area is 129 Å². The largest absolute Gasteiger partial charge is 0.550 e. The number of hydrogen-bond donors (Lipinski definition) is 0. The van der Waals surface area contributed by atoms with Crippen LogP contribution in [0, 0.1) is 13.8 Å². The molecule has 2 aromatic rings. The average molecular weight is 304 g/mol. The van der Waals surface area contributed by atoms with Crippen LogP contribution >= 0.6 is 0 Å². The lowest BCUT2D eigenvalue weighted by Gasteiger charge is -2.00. The zero-order valence-electron chi connectivity index (χ0n) is 12.7. The van der Waals surface area contributed by atoms with Crippen LogP contribution in [0.15, 0.2) is 48.8 Å². The molecule has 2 N–H and O–H groups in total. The van der Waals surface area contributed by atoms with E-state index in [1.807, 2.05) is 62.6 Å². The van der Waals surface area contributed by atoms with E-state index in [2.05, 4.69) is 9.97 Å². The van der Waals surface area contributed by atoms with Crippen LogP contribution in [0.3, 0.4) is 0 Å². The first-order valence-corrected chi connectivity index (χ1v) is 6.68. The number of rotatable bonds is 3. The molecule has 0 fully saturated rings. The van der Waals surface area contributed by atoms with E-state index in [-0.39, 0.29) is 0 Å². The number of H-pyrrole nitrogens is 2. The molecule has 0 aliphatic carbocycles. The van der Waals surface area contributed by atoms with Crippen molar-refractivity contribution in [3.05, 3.63) is 60.2 Å². The van der Waals surface area contributed by atoms with Crippen molar-refractivity contribution < 1.29 is 29.8 Å². The molecule has 0 atom stereocenters. The van der Waals surface area contributed by atoms with Gasteiger partial charge in [-0.1, -0.05) is 12.1 Å². The van der Waals surface area contributed by atoms with Crippen molar-refractivity contribution in [2.45, 2.75) is 26.7 Å². The molecule has 2 heterocycles. The van der Waals surface area contributed by atoms with E-state index in [0.29, 0.717) is 0 Å². The summed E-state index contributed by atoms with van der Waals surface area (Å²) >= 11 is 0. The van der Waals surface area contributed by atoms with Gasteiger partial charge in [-0.2, -0.15) is 0 Å². The highest BCUT2D eigenvalue weighted by molar-refractivity contribution is 5.72. The summed E-state index contributed by atoms with van der Waals surface area (Å²) in [6.45, 7) is 4.06. The fourth-order valence-electron chi connectivity index (χ4n) is 1.17. The highest BCUT2D eigenvalue weighted by atomic mass is 16.4. The van der Waals surface area contributed by atoms with Gasteiger partial charge in [-0.15, -0.1) is 0 Å². The monoisotopic (exact) mass is 304 g/mol. The minimum Gasteiger partial charge on any atom is -0.550 e. The SMILES string of the molecule is Cc1cccc[nH+]1.Cc1cccc[nH+]1.O=C([O-])CCC(=O)[O-]. The lowest BCUT2D eigenvalue weighted by molar-refractivity contribution is -0.387. The molecule has 0 spiro atoms. The standard InChI is InChI=1S/2C6H7N.C4H6O4/c2*1-6-4-2-3-5-7-6;5-3(6)1-2-4(7)8/h2*2-5H,1H3;1-2H2,(H,5,6)(H,7,8). The number of carbonyl (C=O) groups is 2. The molecule has 0 bridgehead atoms. The average Bonchev–Trinajstić information content (AvgIpc) is 2.48. The quantitative estimate of drug-likeness (QED) is 0.715. The van der Waals surface area contributed by atoms with Gasteiger partial charge >= 0.3 is 0 Å². The molecule has 0 aromatic carbocycles. The molecule has 0 aliphatic rings. The van der Waals surface area contributed by atoms with Gasteiger partial charge in [-0.3, -0.25) is 0 Å². The summed E-state index contributed by atoms with van der Waals surface area (Å²) < 4.78 is 0. The van der Waals surface area contributed by atoms with Crippen molar-refractivity contribution >= 4 is 11.9 Å². The third-order valence-corrected chi connectivity index (χ3v) is 2.26. The number of aromatic amines is 2. The van der Waals surface area contributed by atoms with Gasteiger partial charge in [-0.05, 0) is 12.8 Å².